The molecule has 0 saturated heterocycles. The quantitative estimate of drug-likeness (QED) is 0.684. The molecule has 6 heteroatoms. The van der Waals surface area contributed by atoms with Crippen molar-refractivity contribution in [2.75, 3.05) is 0 Å². The van der Waals surface area contributed by atoms with Crippen molar-refractivity contribution in [2.45, 2.75) is 44.4 Å². The Balaban J connectivity index is 1.69. The summed E-state index contributed by atoms with van der Waals surface area (Å²) in [5.41, 5.74) is 4.27. The minimum absolute atomic E-state index is 0.0536. The van der Waals surface area contributed by atoms with Crippen molar-refractivity contribution in [3.05, 3.63) is 62.6 Å². The molecule has 2 aliphatic rings. The maximum Gasteiger partial charge on any atom is 0.258 e. The highest BCUT2D eigenvalue weighted by Crippen LogP contribution is 2.34. The molecule has 25 heavy (non-hydrogen) atoms. The van der Waals surface area contributed by atoms with E-state index in [4.69, 9.17) is 0 Å². The lowest BCUT2D eigenvalue weighted by Gasteiger charge is -2.20. The number of hydrogen-bond acceptors (Lipinski definition) is 3. The van der Waals surface area contributed by atoms with E-state index in [0.29, 0.717) is 5.78 Å². The van der Waals surface area contributed by atoms with Crippen LogP contribution in [0.25, 0.3) is 5.78 Å². The first kappa shape index (κ1) is 14.8. The topological polar surface area (TPSA) is 52.2 Å². The van der Waals surface area contributed by atoms with Crippen LogP contribution >= 0.6 is 0 Å². The summed E-state index contributed by atoms with van der Waals surface area (Å²) in [6.45, 7) is 0. The van der Waals surface area contributed by atoms with Gasteiger partial charge in [0.2, 0.25) is 5.78 Å². The summed E-state index contributed by atoms with van der Waals surface area (Å²) in [5, 5.41) is 8.77. The van der Waals surface area contributed by atoms with Gasteiger partial charge in [0, 0.05) is 24.2 Å². The number of aromatic nitrogens is 4. The van der Waals surface area contributed by atoms with Crippen LogP contribution in [0.15, 0.2) is 23.0 Å². The highest BCUT2D eigenvalue weighted by molar-refractivity contribution is 5.41. The third-order valence-corrected chi connectivity index (χ3v) is 5.71. The lowest BCUT2D eigenvalue weighted by Crippen LogP contribution is -2.29. The molecule has 0 N–H and O–H groups in total. The van der Waals surface area contributed by atoms with Gasteiger partial charge >= 0.3 is 0 Å². The normalized spacial score (nSPS) is 19.2. The number of aryl methyl sites for hydroxylation is 2. The fourth-order valence-corrected chi connectivity index (χ4v) is 4.46. The summed E-state index contributed by atoms with van der Waals surface area (Å²) in [7, 11) is 1.77. The van der Waals surface area contributed by atoms with Crippen LogP contribution in [-0.4, -0.2) is 19.2 Å². The van der Waals surface area contributed by atoms with Gasteiger partial charge in [-0.15, -0.1) is 10.2 Å². The van der Waals surface area contributed by atoms with E-state index in [0.717, 1.165) is 61.2 Å². The molecule has 1 atom stereocenters. The second-order valence-electron chi connectivity index (χ2n) is 7.21. The average Bonchev–Trinajstić information content (AvgIpc) is 3.23. The van der Waals surface area contributed by atoms with E-state index in [-0.39, 0.29) is 17.3 Å². The van der Waals surface area contributed by atoms with Gasteiger partial charge in [-0.1, -0.05) is 6.07 Å². The van der Waals surface area contributed by atoms with Crippen LogP contribution in [0.1, 0.15) is 47.0 Å². The molecular formula is C19H19FN4O. The monoisotopic (exact) mass is 338 g/mol. The second-order valence-corrected chi connectivity index (χ2v) is 7.21. The van der Waals surface area contributed by atoms with E-state index < -0.39 is 0 Å². The Bertz CT molecular complexity index is 1070. The summed E-state index contributed by atoms with van der Waals surface area (Å²) < 4.78 is 17.2. The van der Waals surface area contributed by atoms with Crippen LogP contribution < -0.4 is 5.56 Å². The minimum Gasteiger partial charge on any atom is -0.280 e. The van der Waals surface area contributed by atoms with Crippen LogP contribution in [0.5, 0.6) is 0 Å². The molecule has 0 spiro atoms. The van der Waals surface area contributed by atoms with Crippen molar-refractivity contribution in [3.8, 4) is 0 Å². The molecule has 0 radical (unpaired) electrons. The van der Waals surface area contributed by atoms with Crippen molar-refractivity contribution in [2.24, 2.45) is 7.05 Å². The largest absolute Gasteiger partial charge is 0.280 e. The fraction of sp³-hybridized carbons (Fsp3) is 0.421. The molecule has 5 nitrogen and oxygen atoms in total. The Morgan fingerprint density at radius 2 is 1.92 bits per heavy atom. The van der Waals surface area contributed by atoms with Gasteiger partial charge in [-0.2, -0.15) is 0 Å². The molecule has 0 amide bonds. The first-order valence-corrected chi connectivity index (χ1v) is 8.86. The molecular weight excluding hydrogens is 319 g/mol. The summed E-state index contributed by atoms with van der Waals surface area (Å²) in [6.07, 6.45) is 5.47. The Labute approximate surface area is 144 Å². The molecule has 0 bridgehead atoms. The molecule has 128 valence electrons. The molecule has 0 unspecified atom stereocenters. The van der Waals surface area contributed by atoms with Crippen LogP contribution in [0.4, 0.5) is 4.39 Å². The van der Waals surface area contributed by atoms with Crippen LogP contribution in [0.2, 0.25) is 0 Å². The van der Waals surface area contributed by atoms with Gasteiger partial charge in [-0.05, 0) is 61.8 Å². The number of halogens is 1. The smallest absolute Gasteiger partial charge is 0.258 e. The zero-order valence-electron chi connectivity index (χ0n) is 14.1. The number of benzene rings is 1. The average molecular weight is 338 g/mol. The van der Waals surface area contributed by atoms with Crippen molar-refractivity contribution in [1.82, 2.24) is 19.2 Å². The predicted octanol–water partition coefficient (Wildman–Crippen LogP) is 2.33. The van der Waals surface area contributed by atoms with E-state index in [1.165, 1.54) is 11.6 Å². The maximum absolute atomic E-state index is 13.5. The lowest BCUT2D eigenvalue weighted by molar-refractivity contribution is 0.607. The zero-order chi connectivity index (χ0) is 17.1. The second kappa shape index (κ2) is 5.25. The van der Waals surface area contributed by atoms with Gasteiger partial charge in [0.25, 0.3) is 5.56 Å². The van der Waals surface area contributed by atoms with E-state index in [2.05, 4.69) is 14.6 Å². The molecule has 2 aromatic heterocycles. The Morgan fingerprint density at radius 1 is 1.12 bits per heavy atom. The van der Waals surface area contributed by atoms with Crippen LogP contribution in [-0.2, 0) is 32.7 Å². The lowest BCUT2D eigenvalue weighted by atomic mass is 9.96. The zero-order valence-corrected chi connectivity index (χ0v) is 14.1. The maximum atomic E-state index is 13.5. The molecule has 3 aromatic rings. The third-order valence-electron chi connectivity index (χ3n) is 5.71. The van der Waals surface area contributed by atoms with Gasteiger partial charge in [0.05, 0.1) is 0 Å². The Morgan fingerprint density at radius 3 is 2.80 bits per heavy atom. The number of hydrogen-bond donors (Lipinski definition) is 0. The first-order valence-electron chi connectivity index (χ1n) is 8.86. The van der Waals surface area contributed by atoms with Crippen molar-refractivity contribution >= 4 is 5.78 Å². The minimum atomic E-state index is -0.190. The number of rotatable bonds is 1. The Hall–Kier alpha value is -2.50. The summed E-state index contributed by atoms with van der Waals surface area (Å²) in [4.78, 5) is 12.6. The van der Waals surface area contributed by atoms with Crippen LogP contribution in [0.3, 0.4) is 0 Å². The summed E-state index contributed by atoms with van der Waals surface area (Å²) in [6, 6.07) is 5.03. The first-order chi connectivity index (χ1) is 12.1. The van der Waals surface area contributed by atoms with Crippen LogP contribution in [0, 0.1) is 5.82 Å². The van der Waals surface area contributed by atoms with Crippen molar-refractivity contribution in [1.29, 1.82) is 0 Å². The molecule has 2 heterocycles. The summed E-state index contributed by atoms with van der Waals surface area (Å²) in [5.74, 6) is 1.50. The molecule has 0 aliphatic heterocycles. The third kappa shape index (κ3) is 2.09. The molecule has 0 fully saturated rings. The van der Waals surface area contributed by atoms with Crippen molar-refractivity contribution < 1.29 is 4.39 Å². The Kier molecular flexibility index (Phi) is 3.11. The van der Waals surface area contributed by atoms with Crippen molar-refractivity contribution in [3.63, 3.8) is 0 Å². The van der Waals surface area contributed by atoms with Gasteiger partial charge in [-0.3, -0.25) is 13.8 Å². The van der Waals surface area contributed by atoms with Gasteiger partial charge in [0.15, 0.2) is 0 Å². The standard InChI is InChI=1S/C19H19FN4O/c1-23-18(25)15-4-2-3-5-16(15)24-17(21-22-19(23)24)13-8-11-6-7-14(20)10-12(11)9-13/h6-7,10,13H,2-5,8-9H2,1H3/t13-/m0/s1. The summed E-state index contributed by atoms with van der Waals surface area (Å²) >= 11 is 0. The highest BCUT2D eigenvalue weighted by atomic mass is 19.1. The van der Waals surface area contributed by atoms with Gasteiger partial charge in [-0.25, -0.2) is 4.39 Å². The van der Waals surface area contributed by atoms with E-state index in [9.17, 15) is 9.18 Å². The van der Waals surface area contributed by atoms with E-state index >= 15 is 0 Å². The van der Waals surface area contributed by atoms with E-state index in [1.54, 1.807) is 17.7 Å². The molecule has 0 saturated carbocycles. The molecule has 5 rings (SSSR count). The number of nitrogens with zero attached hydrogens (tertiary/aromatic N) is 4. The van der Waals surface area contributed by atoms with Gasteiger partial charge < -0.3 is 0 Å². The van der Waals surface area contributed by atoms with E-state index in [1.807, 2.05) is 6.07 Å². The SMILES string of the molecule is Cn1c(=O)c2c(n3c([C@H]4Cc5ccc(F)cc5C4)nnc13)CCCC2. The number of fused-ring (bicyclic) bond motifs is 4. The fourth-order valence-electron chi connectivity index (χ4n) is 4.46. The predicted molar refractivity (Wildman–Crippen MR) is 91.4 cm³/mol. The molecule has 2 aliphatic carbocycles. The molecule has 1 aromatic carbocycles. The van der Waals surface area contributed by atoms with Gasteiger partial charge in [0.1, 0.15) is 11.6 Å². The highest BCUT2D eigenvalue weighted by Gasteiger charge is 2.30.